The van der Waals surface area contributed by atoms with Gasteiger partial charge in [0, 0.05) is 22.1 Å². The molecule has 1 N–H and O–H groups in total. The number of hydrogen-bond donors (Lipinski definition) is 1. The number of rotatable bonds is 2. The van der Waals surface area contributed by atoms with Crippen LogP contribution in [0.15, 0.2) is 28.7 Å². The van der Waals surface area contributed by atoms with Crippen LogP contribution in [0.2, 0.25) is 0 Å². The van der Waals surface area contributed by atoms with Gasteiger partial charge in [-0.15, -0.1) is 0 Å². The zero-order chi connectivity index (χ0) is 12.3. The first-order chi connectivity index (χ1) is 8.15. The number of halogens is 2. The third kappa shape index (κ3) is 3.65. The summed E-state index contributed by atoms with van der Waals surface area (Å²) in [5, 5.41) is 3.50. The van der Waals surface area contributed by atoms with Gasteiger partial charge in [-0.25, -0.2) is 4.39 Å². The van der Waals surface area contributed by atoms with E-state index in [4.69, 9.17) is 0 Å². The smallest absolute Gasteiger partial charge is 0.131 e. The van der Waals surface area contributed by atoms with Gasteiger partial charge in [0.05, 0.1) is 0 Å². The highest BCUT2D eigenvalue weighted by molar-refractivity contribution is 9.10. The molecule has 0 spiro atoms. The van der Waals surface area contributed by atoms with E-state index in [9.17, 15) is 4.39 Å². The normalized spacial score (nSPS) is 25.4. The van der Waals surface area contributed by atoms with Crippen molar-refractivity contribution in [2.75, 3.05) is 0 Å². The first-order valence-electron chi connectivity index (χ1n) is 6.04. The molecule has 0 radical (unpaired) electrons. The van der Waals surface area contributed by atoms with Crippen LogP contribution >= 0.6 is 15.9 Å². The van der Waals surface area contributed by atoms with Crippen molar-refractivity contribution in [1.82, 2.24) is 5.32 Å². The fraction of sp³-hybridized carbons (Fsp3) is 0.429. The van der Waals surface area contributed by atoms with E-state index in [1.165, 1.54) is 18.9 Å². The first-order valence-corrected chi connectivity index (χ1v) is 6.84. The van der Waals surface area contributed by atoms with E-state index in [2.05, 4.69) is 34.2 Å². The largest absolute Gasteiger partial charge is 0.308 e. The fourth-order valence-corrected chi connectivity index (χ4v) is 2.52. The number of nitrogens with one attached hydrogen (secondary N) is 1. The topological polar surface area (TPSA) is 12.0 Å². The van der Waals surface area contributed by atoms with E-state index >= 15 is 0 Å². The maximum Gasteiger partial charge on any atom is 0.131 e. The summed E-state index contributed by atoms with van der Waals surface area (Å²) >= 11 is 3.26. The van der Waals surface area contributed by atoms with Crippen LogP contribution < -0.4 is 5.32 Å². The Morgan fingerprint density at radius 1 is 1.41 bits per heavy atom. The van der Waals surface area contributed by atoms with Crippen molar-refractivity contribution in [2.45, 2.75) is 38.3 Å². The molecule has 2 atom stereocenters. The Balaban J connectivity index is 2.04. The van der Waals surface area contributed by atoms with Gasteiger partial charge in [-0.1, -0.05) is 40.6 Å². The number of benzene rings is 1. The highest BCUT2D eigenvalue weighted by Gasteiger charge is 2.14. The summed E-state index contributed by atoms with van der Waals surface area (Å²) in [6.07, 6.45) is 7.56. The molecule has 0 bridgehead atoms. The fourth-order valence-electron chi connectivity index (χ4n) is 2.18. The van der Waals surface area contributed by atoms with Crippen LogP contribution in [-0.4, -0.2) is 12.1 Å². The van der Waals surface area contributed by atoms with Crippen molar-refractivity contribution in [2.24, 2.45) is 0 Å². The van der Waals surface area contributed by atoms with Crippen LogP contribution in [0.25, 0.3) is 6.08 Å². The van der Waals surface area contributed by atoms with E-state index in [1.54, 1.807) is 6.07 Å². The van der Waals surface area contributed by atoms with E-state index in [1.807, 2.05) is 12.1 Å². The van der Waals surface area contributed by atoms with Crippen molar-refractivity contribution in [3.8, 4) is 0 Å². The molecule has 0 aliphatic carbocycles. The van der Waals surface area contributed by atoms with Crippen LogP contribution in [0, 0.1) is 5.82 Å². The van der Waals surface area contributed by atoms with Crippen LogP contribution in [-0.2, 0) is 0 Å². The van der Waals surface area contributed by atoms with Crippen LogP contribution in [0.1, 0.15) is 31.7 Å². The lowest BCUT2D eigenvalue weighted by atomic mass is 9.99. The van der Waals surface area contributed by atoms with Crippen molar-refractivity contribution < 1.29 is 4.39 Å². The molecular weight excluding hydrogens is 281 g/mol. The third-order valence-electron chi connectivity index (χ3n) is 3.12. The molecule has 1 heterocycles. The standard InChI is InChI=1S/C14H17BrFN/c1-10-3-2-4-13(17-10)8-6-11-5-7-12(15)9-14(11)16/h5-10,13,17H,2-4H2,1H3/b8-6+. The molecule has 1 saturated heterocycles. The second-order valence-electron chi connectivity index (χ2n) is 4.63. The maximum absolute atomic E-state index is 13.6. The number of hydrogen-bond acceptors (Lipinski definition) is 1. The Kier molecular flexibility index (Phi) is 4.35. The lowest BCUT2D eigenvalue weighted by Gasteiger charge is -2.26. The quantitative estimate of drug-likeness (QED) is 0.865. The molecule has 0 amide bonds. The summed E-state index contributed by atoms with van der Waals surface area (Å²) in [6, 6.07) is 6.09. The molecule has 92 valence electrons. The predicted molar refractivity (Wildman–Crippen MR) is 73.4 cm³/mol. The molecule has 1 aromatic carbocycles. The molecule has 1 fully saturated rings. The molecule has 17 heavy (non-hydrogen) atoms. The Morgan fingerprint density at radius 2 is 2.24 bits per heavy atom. The Morgan fingerprint density at radius 3 is 2.94 bits per heavy atom. The van der Waals surface area contributed by atoms with Gasteiger partial charge in [-0.3, -0.25) is 0 Å². The zero-order valence-electron chi connectivity index (χ0n) is 9.92. The minimum absolute atomic E-state index is 0.181. The summed E-state index contributed by atoms with van der Waals surface area (Å²) in [4.78, 5) is 0. The molecule has 2 unspecified atom stereocenters. The van der Waals surface area contributed by atoms with Crippen molar-refractivity contribution in [3.63, 3.8) is 0 Å². The lowest BCUT2D eigenvalue weighted by molar-refractivity contribution is 0.375. The average molecular weight is 298 g/mol. The van der Waals surface area contributed by atoms with Gasteiger partial charge in [0.25, 0.3) is 0 Å². The SMILES string of the molecule is CC1CCCC(/C=C/c2ccc(Br)cc2F)N1. The van der Waals surface area contributed by atoms with Crippen LogP contribution in [0.5, 0.6) is 0 Å². The van der Waals surface area contributed by atoms with Gasteiger partial charge in [-0.2, -0.15) is 0 Å². The van der Waals surface area contributed by atoms with Gasteiger partial charge in [0.15, 0.2) is 0 Å². The van der Waals surface area contributed by atoms with E-state index < -0.39 is 0 Å². The van der Waals surface area contributed by atoms with Crippen LogP contribution in [0.3, 0.4) is 0 Å². The van der Waals surface area contributed by atoms with Gasteiger partial charge in [-0.05, 0) is 31.9 Å². The molecule has 0 aromatic heterocycles. The summed E-state index contributed by atoms with van der Waals surface area (Å²) in [6.45, 7) is 2.19. The Hall–Kier alpha value is -0.670. The maximum atomic E-state index is 13.6. The van der Waals surface area contributed by atoms with E-state index in [0.717, 1.165) is 10.9 Å². The molecule has 1 aliphatic heterocycles. The Bertz CT molecular complexity index is 417. The van der Waals surface area contributed by atoms with Crippen LogP contribution in [0.4, 0.5) is 4.39 Å². The Labute approximate surface area is 110 Å². The third-order valence-corrected chi connectivity index (χ3v) is 3.61. The summed E-state index contributed by atoms with van der Waals surface area (Å²) in [5.41, 5.74) is 0.647. The molecular formula is C14H17BrFN. The summed E-state index contributed by atoms with van der Waals surface area (Å²) in [5.74, 6) is -0.181. The highest BCUT2D eigenvalue weighted by atomic mass is 79.9. The van der Waals surface area contributed by atoms with Crippen molar-refractivity contribution in [1.29, 1.82) is 0 Å². The minimum atomic E-state index is -0.181. The zero-order valence-corrected chi connectivity index (χ0v) is 11.5. The van der Waals surface area contributed by atoms with E-state index in [-0.39, 0.29) is 5.82 Å². The molecule has 1 aromatic rings. The summed E-state index contributed by atoms with van der Waals surface area (Å²) < 4.78 is 14.4. The van der Waals surface area contributed by atoms with Crippen molar-refractivity contribution in [3.05, 3.63) is 40.1 Å². The molecule has 1 nitrogen and oxygen atoms in total. The highest BCUT2D eigenvalue weighted by Crippen LogP contribution is 2.18. The van der Waals surface area contributed by atoms with E-state index in [0.29, 0.717) is 17.6 Å². The molecule has 1 aliphatic rings. The lowest BCUT2D eigenvalue weighted by Crippen LogP contribution is -2.39. The number of piperidine rings is 1. The second kappa shape index (κ2) is 5.78. The van der Waals surface area contributed by atoms with Crippen molar-refractivity contribution >= 4 is 22.0 Å². The second-order valence-corrected chi connectivity index (χ2v) is 5.55. The first kappa shape index (κ1) is 12.8. The average Bonchev–Trinajstić information content (AvgIpc) is 2.28. The monoisotopic (exact) mass is 297 g/mol. The van der Waals surface area contributed by atoms with Gasteiger partial charge >= 0.3 is 0 Å². The van der Waals surface area contributed by atoms with Gasteiger partial charge in [0.1, 0.15) is 5.82 Å². The minimum Gasteiger partial charge on any atom is -0.308 e. The van der Waals surface area contributed by atoms with Gasteiger partial charge in [0.2, 0.25) is 0 Å². The van der Waals surface area contributed by atoms with Gasteiger partial charge < -0.3 is 5.32 Å². The molecule has 0 saturated carbocycles. The molecule has 3 heteroatoms. The molecule has 2 rings (SSSR count). The summed E-state index contributed by atoms with van der Waals surface area (Å²) in [7, 11) is 0. The predicted octanol–water partition coefficient (Wildman–Crippen LogP) is 4.13.